The van der Waals surface area contributed by atoms with E-state index in [1.165, 1.54) is 15.6 Å². The fourth-order valence-electron chi connectivity index (χ4n) is 3.08. The lowest BCUT2D eigenvalue weighted by Crippen LogP contribution is -2.54. The minimum absolute atomic E-state index is 0.110. The van der Waals surface area contributed by atoms with Crippen LogP contribution in [0.5, 0.6) is 0 Å². The summed E-state index contributed by atoms with van der Waals surface area (Å²) >= 11 is 1.47. The quantitative estimate of drug-likeness (QED) is 0.773. The summed E-state index contributed by atoms with van der Waals surface area (Å²) < 4.78 is 27.6. The molecule has 3 rings (SSSR count). The third kappa shape index (κ3) is 3.75. The molecule has 2 aromatic rings. The van der Waals surface area contributed by atoms with E-state index >= 15 is 0 Å². The zero-order valence-corrected chi connectivity index (χ0v) is 16.0. The Hall–Kier alpha value is -1.78. The van der Waals surface area contributed by atoms with Crippen molar-refractivity contribution < 1.29 is 13.2 Å². The second kappa shape index (κ2) is 6.85. The number of aromatic nitrogens is 3. The van der Waals surface area contributed by atoms with Crippen molar-refractivity contribution in [1.82, 2.24) is 19.1 Å². The van der Waals surface area contributed by atoms with Crippen LogP contribution in [0.1, 0.15) is 23.5 Å². The molecule has 0 radical (unpaired) electrons. The van der Waals surface area contributed by atoms with Crippen LogP contribution in [0.15, 0.2) is 17.6 Å². The van der Waals surface area contributed by atoms with E-state index in [1.807, 2.05) is 12.3 Å². The monoisotopic (exact) mass is 383 g/mol. The zero-order chi connectivity index (χ0) is 18.2. The number of thiazole rings is 1. The first-order valence-electron chi connectivity index (χ1n) is 7.94. The fraction of sp³-hybridized carbons (Fsp3) is 0.533. The normalized spacial score (nSPS) is 19.0. The van der Waals surface area contributed by atoms with Gasteiger partial charge in [0.15, 0.2) is 0 Å². The Labute approximate surface area is 151 Å². The predicted octanol–water partition coefficient (Wildman–Crippen LogP) is 1.14. The molecular weight excluding hydrogens is 362 g/mol. The highest BCUT2D eigenvalue weighted by Gasteiger charge is 2.39. The van der Waals surface area contributed by atoms with Gasteiger partial charge in [-0.2, -0.15) is 9.40 Å². The van der Waals surface area contributed by atoms with Gasteiger partial charge in [-0.15, -0.1) is 11.3 Å². The highest BCUT2D eigenvalue weighted by Crippen LogP contribution is 2.26. The molecule has 2 aromatic heterocycles. The van der Waals surface area contributed by atoms with E-state index in [4.69, 9.17) is 0 Å². The molecule has 0 aliphatic carbocycles. The van der Waals surface area contributed by atoms with Crippen LogP contribution in [0.2, 0.25) is 0 Å². The lowest BCUT2D eigenvalue weighted by atomic mass is 10.0. The first-order chi connectivity index (χ1) is 11.8. The van der Waals surface area contributed by atoms with Crippen LogP contribution in [0, 0.1) is 6.92 Å². The molecule has 1 atom stereocenters. The highest BCUT2D eigenvalue weighted by molar-refractivity contribution is 7.88. The molecule has 8 nitrogen and oxygen atoms in total. The van der Waals surface area contributed by atoms with Gasteiger partial charge in [-0.25, -0.2) is 13.4 Å². The van der Waals surface area contributed by atoms with E-state index in [2.05, 4.69) is 10.1 Å². The zero-order valence-electron chi connectivity index (χ0n) is 14.4. The van der Waals surface area contributed by atoms with Gasteiger partial charge in [0.25, 0.3) is 0 Å². The third-order valence-electron chi connectivity index (χ3n) is 4.24. The summed E-state index contributed by atoms with van der Waals surface area (Å²) in [7, 11) is -1.80. The van der Waals surface area contributed by atoms with Gasteiger partial charge in [-0.05, 0) is 19.8 Å². The van der Waals surface area contributed by atoms with Crippen molar-refractivity contribution >= 4 is 33.1 Å². The van der Waals surface area contributed by atoms with Gasteiger partial charge < -0.3 is 0 Å². The number of rotatable bonds is 5. The molecule has 136 valence electrons. The molecule has 3 heterocycles. The van der Waals surface area contributed by atoms with Gasteiger partial charge in [0.05, 0.1) is 29.7 Å². The van der Waals surface area contributed by atoms with Gasteiger partial charge in [0, 0.05) is 25.0 Å². The molecule has 0 bridgehead atoms. The summed E-state index contributed by atoms with van der Waals surface area (Å²) in [6.45, 7) is 2.54. The molecule has 1 fully saturated rings. The van der Waals surface area contributed by atoms with Crippen LogP contribution in [-0.2, 0) is 28.4 Å². The highest BCUT2D eigenvalue weighted by atomic mass is 32.2. The van der Waals surface area contributed by atoms with Crippen LogP contribution in [-0.4, -0.2) is 52.2 Å². The number of carbonyl (C=O) groups excluding carboxylic acids is 1. The van der Waals surface area contributed by atoms with Crippen molar-refractivity contribution in [2.75, 3.05) is 17.7 Å². The number of nitrogens with zero attached hydrogens (tertiary/aromatic N) is 5. The van der Waals surface area contributed by atoms with Crippen LogP contribution in [0.4, 0.5) is 5.82 Å². The van der Waals surface area contributed by atoms with E-state index in [1.54, 1.807) is 28.9 Å². The van der Waals surface area contributed by atoms with Crippen LogP contribution in [0.3, 0.4) is 0 Å². The van der Waals surface area contributed by atoms with Crippen molar-refractivity contribution in [3.05, 3.63) is 28.3 Å². The SMILES string of the molecule is Cc1nc(CN(C2CCCN(c3ccnn3C)C2=O)S(C)(=O)=O)cs1. The fourth-order valence-corrected chi connectivity index (χ4v) is 4.71. The van der Waals surface area contributed by atoms with Gasteiger partial charge in [-0.1, -0.05) is 0 Å². The molecular formula is C15H21N5O3S2. The molecule has 0 spiro atoms. The first kappa shape index (κ1) is 18.0. The number of hydrogen-bond donors (Lipinski definition) is 0. The molecule has 1 unspecified atom stereocenters. The number of anilines is 1. The van der Waals surface area contributed by atoms with Gasteiger partial charge in [0.1, 0.15) is 11.9 Å². The van der Waals surface area contributed by atoms with E-state index in [9.17, 15) is 13.2 Å². The topological polar surface area (TPSA) is 88.4 Å². The van der Waals surface area contributed by atoms with E-state index in [0.717, 1.165) is 17.7 Å². The number of piperidine rings is 1. The Kier molecular flexibility index (Phi) is 4.94. The average molecular weight is 383 g/mol. The Balaban J connectivity index is 1.90. The minimum atomic E-state index is -3.56. The molecule has 1 aliphatic rings. The van der Waals surface area contributed by atoms with Crippen molar-refractivity contribution in [3.8, 4) is 0 Å². The Morgan fingerprint density at radius 3 is 2.76 bits per heavy atom. The maximum absolute atomic E-state index is 13.0. The average Bonchev–Trinajstić information content (AvgIpc) is 3.13. The summed E-state index contributed by atoms with van der Waals surface area (Å²) in [4.78, 5) is 19.0. The smallest absolute Gasteiger partial charge is 0.246 e. The third-order valence-corrected chi connectivity index (χ3v) is 6.30. The maximum Gasteiger partial charge on any atom is 0.246 e. The lowest BCUT2D eigenvalue weighted by Gasteiger charge is -2.36. The van der Waals surface area contributed by atoms with Crippen molar-refractivity contribution in [2.45, 2.75) is 32.4 Å². The molecule has 1 amide bonds. The van der Waals surface area contributed by atoms with E-state index in [-0.39, 0.29) is 12.5 Å². The van der Waals surface area contributed by atoms with Gasteiger partial charge in [-0.3, -0.25) is 14.4 Å². The van der Waals surface area contributed by atoms with Crippen LogP contribution >= 0.6 is 11.3 Å². The summed E-state index contributed by atoms with van der Waals surface area (Å²) in [5.74, 6) is 0.458. The van der Waals surface area contributed by atoms with E-state index < -0.39 is 16.1 Å². The molecule has 1 saturated heterocycles. The van der Waals surface area contributed by atoms with Crippen molar-refractivity contribution in [2.24, 2.45) is 7.05 Å². The second-order valence-electron chi connectivity index (χ2n) is 6.13. The molecule has 0 aromatic carbocycles. The van der Waals surface area contributed by atoms with E-state index in [0.29, 0.717) is 24.5 Å². The van der Waals surface area contributed by atoms with Gasteiger partial charge in [0.2, 0.25) is 15.9 Å². The number of aryl methyl sites for hydroxylation is 2. The molecule has 10 heteroatoms. The largest absolute Gasteiger partial charge is 0.296 e. The Morgan fingerprint density at radius 2 is 2.20 bits per heavy atom. The summed E-state index contributed by atoms with van der Waals surface area (Å²) in [6, 6.07) is 1.04. The molecule has 1 aliphatic heterocycles. The predicted molar refractivity (Wildman–Crippen MR) is 95.8 cm³/mol. The van der Waals surface area contributed by atoms with Crippen molar-refractivity contribution in [3.63, 3.8) is 0 Å². The maximum atomic E-state index is 13.0. The molecule has 25 heavy (non-hydrogen) atoms. The Bertz CT molecular complexity index is 873. The first-order valence-corrected chi connectivity index (χ1v) is 10.7. The number of hydrogen-bond acceptors (Lipinski definition) is 6. The Morgan fingerprint density at radius 1 is 1.44 bits per heavy atom. The van der Waals surface area contributed by atoms with Gasteiger partial charge >= 0.3 is 0 Å². The van der Waals surface area contributed by atoms with Crippen LogP contribution in [0.25, 0.3) is 0 Å². The molecule has 0 saturated carbocycles. The van der Waals surface area contributed by atoms with Crippen molar-refractivity contribution in [1.29, 1.82) is 0 Å². The number of sulfonamides is 1. The summed E-state index contributed by atoms with van der Waals surface area (Å²) in [6.07, 6.45) is 3.99. The lowest BCUT2D eigenvalue weighted by molar-refractivity contribution is -0.123. The number of carbonyl (C=O) groups is 1. The second-order valence-corrected chi connectivity index (χ2v) is 9.12. The summed E-state index contributed by atoms with van der Waals surface area (Å²) in [5.41, 5.74) is 0.665. The number of amides is 1. The minimum Gasteiger partial charge on any atom is -0.296 e. The standard InChI is InChI=1S/C15H21N5O3S2/c1-11-17-12(10-24-11)9-20(25(3,22)23)13-5-4-8-19(15(13)21)14-6-7-16-18(14)2/h6-7,10,13H,4-5,8-9H2,1-3H3. The molecule has 0 N–H and O–H groups in total. The summed E-state index contributed by atoms with van der Waals surface area (Å²) in [5, 5.41) is 6.80. The van der Waals surface area contributed by atoms with Crippen LogP contribution < -0.4 is 4.90 Å².